The molecule has 0 spiro atoms. The van der Waals surface area contributed by atoms with Crippen molar-refractivity contribution in [1.29, 1.82) is 0 Å². The number of para-hydroxylation sites is 1. The smallest absolute Gasteiger partial charge is 0.327 e. The lowest BCUT2D eigenvalue weighted by molar-refractivity contribution is -0.150. The van der Waals surface area contributed by atoms with Gasteiger partial charge >= 0.3 is 5.97 Å². The predicted molar refractivity (Wildman–Crippen MR) is 114 cm³/mol. The first-order chi connectivity index (χ1) is 15.2. The number of hydrogen-bond acceptors (Lipinski definition) is 7. The number of nitrogens with zero attached hydrogens (tertiary/aromatic N) is 1. The van der Waals surface area contributed by atoms with Crippen LogP contribution in [-0.4, -0.2) is 52.4 Å². The number of amides is 2. The number of ether oxygens (including phenoxy) is 1. The molecule has 2 aromatic carbocycles. The van der Waals surface area contributed by atoms with Crippen LogP contribution in [0.1, 0.15) is 17.2 Å². The zero-order valence-electron chi connectivity index (χ0n) is 17.2. The van der Waals surface area contributed by atoms with Crippen LogP contribution in [0.3, 0.4) is 0 Å². The lowest BCUT2D eigenvalue weighted by atomic mass is 9.79. The van der Waals surface area contributed by atoms with Crippen molar-refractivity contribution < 1.29 is 34.4 Å². The van der Waals surface area contributed by atoms with Gasteiger partial charge in [0.2, 0.25) is 11.8 Å². The summed E-state index contributed by atoms with van der Waals surface area (Å²) < 4.78 is 5.12. The summed E-state index contributed by atoms with van der Waals surface area (Å²) in [5, 5.41) is 33.8. The third-order valence-electron chi connectivity index (χ3n) is 6.28. The van der Waals surface area contributed by atoms with Crippen LogP contribution >= 0.6 is 11.6 Å². The third kappa shape index (κ3) is 2.96. The van der Waals surface area contributed by atoms with Crippen LogP contribution in [0.4, 0.5) is 5.69 Å². The van der Waals surface area contributed by atoms with Crippen molar-refractivity contribution in [2.75, 3.05) is 18.6 Å². The number of phenols is 1. The average molecular weight is 461 g/mol. The molecule has 10 heteroatoms. The second kappa shape index (κ2) is 7.77. The van der Waals surface area contributed by atoms with Gasteiger partial charge in [0.1, 0.15) is 0 Å². The SMILES string of the molecule is COc1cccc(C2NC(CO)(C(=O)O)C3C(=O)N(c4ccc(C)c(Cl)c4)C(=O)C23)c1O. The van der Waals surface area contributed by atoms with Gasteiger partial charge in [-0.1, -0.05) is 29.8 Å². The second-order valence-electron chi connectivity index (χ2n) is 7.90. The summed E-state index contributed by atoms with van der Waals surface area (Å²) in [4.78, 5) is 40.1. The molecule has 4 rings (SSSR count). The van der Waals surface area contributed by atoms with Gasteiger partial charge in [-0.3, -0.25) is 19.7 Å². The molecular formula is C22H21ClN2O7. The molecule has 0 aliphatic carbocycles. The Bertz CT molecular complexity index is 1140. The molecule has 2 heterocycles. The van der Waals surface area contributed by atoms with E-state index < -0.39 is 47.8 Å². The van der Waals surface area contributed by atoms with Crippen LogP contribution in [0.15, 0.2) is 36.4 Å². The molecule has 9 nitrogen and oxygen atoms in total. The van der Waals surface area contributed by atoms with Crippen molar-refractivity contribution in [2.45, 2.75) is 18.5 Å². The largest absolute Gasteiger partial charge is 0.504 e. The number of benzene rings is 2. The van der Waals surface area contributed by atoms with E-state index in [1.165, 1.54) is 25.3 Å². The van der Waals surface area contributed by atoms with Gasteiger partial charge < -0.3 is 20.1 Å². The number of aliphatic carboxylic acids is 1. The fourth-order valence-corrected chi connectivity index (χ4v) is 4.79. The molecule has 4 atom stereocenters. The first kappa shape index (κ1) is 22.1. The molecule has 2 fully saturated rings. The Kier molecular flexibility index (Phi) is 5.36. The van der Waals surface area contributed by atoms with E-state index in [1.54, 1.807) is 25.1 Å². The Morgan fingerprint density at radius 3 is 2.56 bits per heavy atom. The highest BCUT2D eigenvalue weighted by atomic mass is 35.5. The van der Waals surface area contributed by atoms with Crippen LogP contribution in [0.5, 0.6) is 11.5 Å². The van der Waals surface area contributed by atoms with Crippen LogP contribution in [-0.2, 0) is 14.4 Å². The van der Waals surface area contributed by atoms with Crippen molar-refractivity contribution in [3.8, 4) is 11.5 Å². The number of rotatable bonds is 5. The maximum absolute atomic E-state index is 13.5. The number of carbonyl (C=O) groups is 3. The highest BCUT2D eigenvalue weighted by Crippen LogP contribution is 2.52. The van der Waals surface area contributed by atoms with Crippen molar-refractivity contribution in [2.24, 2.45) is 11.8 Å². The number of aliphatic hydroxyl groups excluding tert-OH is 1. The van der Waals surface area contributed by atoms with E-state index in [9.17, 15) is 29.7 Å². The van der Waals surface area contributed by atoms with Crippen molar-refractivity contribution in [1.82, 2.24) is 5.32 Å². The molecule has 4 unspecified atom stereocenters. The molecule has 168 valence electrons. The number of carboxylic acids is 1. The van der Waals surface area contributed by atoms with Crippen molar-refractivity contribution in [3.63, 3.8) is 0 Å². The van der Waals surface area contributed by atoms with E-state index in [1.807, 2.05) is 0 Å². The second-order valence-corrected chi connectivity index (χ2v) is 8.31. The van der Waals surface area contributed by atoms with E-state index in [-0.39, 0.29) is 22.7 Å². The number of carbonyl (C=O) groups excluding carboxylic acids is 2. The monoisotopic (exact) mass is 460 g/mol. The van der Waals surface area contributed by atoms with Gasteiger partial charge in [0, 0.05) is 16.6 Å². The zero-order valence-corrected chi connectivity index (χ0v) is 18.0. The number of methoxy groups -OCH3 is 1. The van der Waals surface area contributed by atoms with Crippen LogP contribution < -0.4 is 15.0 Å². The third-order valence-corrected chi connectivity index (χ3v) is 6.69. The summed E-state index contributed by atoms with van der Waals surface area (Å²) >= 11 is 6.18. The van der Waals surface area contributed by atoms with Gasteiger partial charge in [0.25, 0.3) is 0 Å². The molecule has 2 aromatic rings. The number of aryl methyl sites for hydroxylation is 1. The number of anilines is 1. The van der Waals surface area contributed by atoms with Gasteiger partial charge in [-0.15, -0.1) is 0 Å². The molecule has 2 amide bonds. The maximum Gasteiger partial charge on any atom is 0.327 e. The van der Waals surface area contributed by atoms with E-state index >= 15 is 0 Å². The normalized spacial score (nSPS) is 27.0. The highest BCUT2D eigenvalue weighted by Gasteiger charge is 2.69. The number of nitrogens with one attached hydrogen (secondary N) is 1. The summed E-state index contributed by atoms with van der Waals surface area (Å²) in [5.74, 6) is -5.68. The average Bonchev–Trinajstić information content (AvgIpc) is 3.25. The number of aliphatic hydroxyl groups is 1. The fourth-order valence-electron chi connectivity index (χ4n) is 4.61. The van der Waals surface area contributed by atoms with Crippen molar-refractivity contribution in [3.05, 3.63) is 52.5 Å². The van der Waals surface area contributed by atoms with Crippen molar-refractivity contribution >= 4 is 35.1 Å². The molecule has 0 aromatic heterocycles. The minimum absolute atomic E-state index is 0.122. The Hall–Kier alpha value is -3.14. The van der Waals surface area contributed by atoms with Gasteiger partial charge in [-0.25, -0.2) is 4.90 Å². The molecule has 0 bridgehead atoms. The first-order valence-electron chi connectivity index (χ1n) is 9.79. The van der Waals surface area contributed by atoms with Gasteiger partial charge in [0.05, 0.1) is 31.2 Å². The molecule has 4 N–H and O–H groups in total. The van der Waals surface area contributed by atoms with E-state index in [0.717, 1.165) is 10.5 Å². The van der Waals surface area contributed by atoms with Crippen LogP contribution in [0.2, 0.25) is 5.02 Å². The molecule has 0 radical (unpaired) electrons. The fraction of sp³-hybridized carbons (Fsp3) is 0.318. The summed E-state index contributed by atoms with van der Waals surface area (Å²) in [5.41, 5.74) is -0.997. The number of phenolic OH excluding ortho intramolecular Hbond substituents is 1. The Morgan fingerprint density at radius 1 is 1.25 bits per heavy atom. The lowest BCUT2D eigenvalue weighted by Crippen LogP contribution is -2.58. The number of halogens is 1. The minimum atomic E-state index is -2.12. The summed E-state index contributed by atoms with van der Waals surface area (Å²) in [6.07, 6.45) is 0. The summed E-state index contributed by atoms with van der Waals surface area (Å²) in [6.45, 7) is 0.827. The molecule has 2 saturated heterocycles. The maximum atomic E-state index is 13.5. The van der Waals surface area contributed by atoms with Crippen LogP contribution in [0.25, 0.3) is 0 Å². The molecule has 0 saturated carbocycles. The Balaban J connectivity index is 1.88. The molecule has 32 heavy (non-hydrogen) atoms. The first-order valence-corrected chi connectivity index (χ1v) is 10.2. The van der Waals surface area contributed by atoms with Gasteiger partial charge in [-0.05, 0) is 30.7 Å². The Morgan fingerprint density at radius 2 is 1.97 bits per heavy atom. The predicted octanol–water partition coefficient (Wildman–Crippen LogP) is 1.63. The molecular weight excluding hydrogens is 440 g/mol. The van der Waals surface area contributed by atoms with E-state index in [4.69, 9.17) is 16.3 Å². The highest BCUT2D eigenvalue weighted by molar-refractivity contribution is 6.32. The quantitative estimate of drug-likeness (QED) is 0.494. The van der Waals surface area contributed by atoms with E-state index in [0.29, 0.717) is 5.02 Å². The summed E-state index contributed by atoms with van der Waals surface area (Å²) in [7, 11) is 1.35. The molecule has 2 aliphatic rings. The lowest BCUT2D eigenvalue weighted by Gasteiger charge is -2.29. The van der Waals surface area contributed by atoms with Crippen LogP contribution in [0, 0.1) is 18.8 Å². The van der Waals surface area contributed by atoms with Gasteiger partial charge in [-0.2, -0.15) is 0 Å². The minimum Gasteiger partial charge on any atom is -0.504 e. The molecule has 2 aliphatic heterocycles. The number of imide groups is 1. The number of aromatic hydroxyl groups is 1. The number of hydrogen-bond donors (Lipinski definition) is 4. The number of carboxylic acid groups (broad SMARTS) is 1. The Labute approximate surface area is 188 Å². The number of fused-ring (bicyclic) bond motifs is 1. The van der Waals surface area contributed by atoms with E-state index in [2.05, 4.69) is 5.32 Å². The topological polar surface area (TPSA) is 136 Å². The van der Waals surface area contributed by atoms with Gasteiger partial charge in [0.15, 0.2) is 17.0 Å². The standard InChI is InChI=1S/C22H21ClN2O7/c1-10-6-7-11(8-13(10)23)25-19(28)15-16(20(25)29)22(9-26,21(30)31)24-17(15)12-4-3-5-14(32-2)18(12)27/h3-8,15-17,24,26-27H,9H2,1-2H3,(H,30,31). The zero-order chi connectivity index (χ0) is 23.4. The summed E-state index contributed by atoms with van der Waals surface area (Å²) in [6, 6.07) is 8.16.